The van der Waals surface area contributed by atoms with E-state index in [-0.39, 0.29) is 12.1 Å². The maximum Gasteiger partial charge on any atom is 0.118 e. The predicted molar refractivity (Wildman–Crippen MR) is 90.1 cm³/mol. The fraction of sp³-hybridized carbons (Fsp3) is 0.316. The van der Waals surface area contributed by atoms with Gasteiger partial charge >= 0.3 is 0 Å². The molecule has 3 atom stereocenters. The maximum atomic E-state index is 10.5. The molecule has 3 unspecified atom stereocenters. The van der Waals surface area contributed by atoms with Crippen molar-refractivity contribution in [3.8, 4) is 11.8 Å². The first kappa shape index (κ1) is 17.0. The SMILES string of the molecule is COc1ccc(C(O)C(C)NC(C)c2ccc(C#N)cc2)cc1. The zero-order chi connectivity index (χ0) is 16.8. The lowest BCUT2D eigenvalue weighted by molar-refractivity contribution is 0.130. The van der Waals surface area contributed by atoms with Crippen LogP contribution in [0.4, 0.5) is 0 Å². The van der Waals surface area contributed by atoms with Crippen LogP contribution in [0.2, 0.25) is 0 Å². The van der Waals surface area contributed by atoms with Gasteiger partial charge in [0.1, 0.15) is 5.75 Å². The van der Waals surface area contributed by atoms with Crippen molar-refractivity contribution < 1.29 is 9.84 Å². The molecule has 0 saturated carbocycles. The average molecular weight is 310 g/mol. The molecule has 0 radical (unpaired) electrons. The number of ether oxygens (including phenoxy) is 1. The van der Waals surface area contributed by atoms with E-state index in [0.29, 0.717) is 5.56 Å². The van der Waals surface area contributed by atoms with E-state index in [4.69, 9.17) is 10.00 Å². The Morgan fingerprint density at radius 3 is 2.09 bits per heavy atom. The van der Waals surface area contributed by atoms with Gasteiger partial charge in [-0.2, -0.15) is 5.26 Å². The molecular weight excluding hydrogens is 288 g/mol. The van der Waals surface area contributed by atoms with E-state index in [2.05, 4.69) is 11.4 Å². The Bertz CT molecular complexity index is 659. The van der Waals surface area contributed by atoms with E-state index in [1.165, 1.54) is 0 Å². The van der Waals surface area contributed by atoms with Gasteiger partial charge in [0.15, 0.2) is 0 Å². The lowest BCUT2D eigenvalue weighted by atomic mass is 10.0. The predicted octanol–water partition coefficient (Wildman–Crippen LogP) is 3.34. The lowest BCUT2D eigenvalue weighted by Gasteiger charge is -2.25. The molecule has 2 N–H and O–H groups in total. The van der Waals surface area contributed by atoms with E-state index >= 15 is 0 Å². The van der Waals surface area contributed by atoms with Crippen LogP contribution in [0, 0.1) is 11.3 Å². The Morgan fingerprint density at radius 2 is 1.57 bits per heavy atom. The van der Waals surface area contributed by atoms with E-state index in [1.54, 1.807) is 19.2 Å². The molecule has 120 valence electrons. The monoisotopic (exact) mass is 310 g/mol. The number of aliphatic hydroxyl groups is 1. The van der Waals surface area contributed by atoms with Gasteiger partial charge in [0.25, 0.3) is 0 Å². The summed E-state index contributed by atoms with van der Waals surface area (Å²) in [6.07, 6.45) is -0.610. The van der Waals surface area contributed by atoms with Crippen molar-refractivity contribution in [3.05, 3.63) is 65.2 Å². The van der Waals surface area contributed by atoms with Gasteiger partial charge in [-0.05, 0) is 49.2 Å². The average Bonchev–Trinajstić information content (AvgIpc) is 2.61. The number of nitriles is 1. The Balaban J connectivity index is 2.01. The number of hydrogen-bond donors (Lipinski definition) is 2. The first-order chi connectivity index (χ1) is 11.0. The molecule has 0 aromatic heterocycles. The number of aliphatic hydroxyl groups excluding tert-OH is 1. The first-order valence-electron chi connectivity index (χ1n) is 7.63. The highest BCUT2D eigenvalue weighted by Crippen LogP contribution is 2.22. The highest BCUT2D eigenvalue weighted by molar-refractivity contribution is 5.33. The van der Waals surface area contributed by atoms with Gasteiger partial charge < -0.3 is 15.2 Å². The number of benzene rings is 2. The zero-order valence-corrected chi connectivity index (χ0v) is 13.7. The third-order valence-corrected chi connectivity index (χ3v) is 3.98. The standard InChI is InChI=1S/C19H22N2O2/c1-13(16-6-4-15(12-20)5-7-16)21-14(2)19(22)17-8-10-18(23-3)11-9-17/h4-11,13-14,19,21-22H,1-3H3. The van der Waals surface area contributed by atoms with Gasteiger partial charge in [0.2, 0.25) is 0 Å². The zero-order valence-electron chi connectivity index (χ0n) is 13.7. The molecule has 0 heterocycles. The second kappa shape index (κ2) is 7.77. The minimum absolute atomic E-state index is 0.0747. The molecule has 0 saturated heterocycles. The fourth-order valence-electron chi connectivity index (χ4n) is 2.52. The molecule has 0 amide bonds. The number of methoxy groups -OCH3 is 1. The quantitative estimate of drug-likeness (QED) is 0.859. The third kappa shape index (κ3) is 4.32. The normalized spacial score (nSPS) is 14.6. The summed E-state index contributed by atoms with van der Waals surface area (Å²) in [6.45, 7) is 3.99. The second-order valence-corrected chi connectivity index (χ2v) is 5.63. The molecule has 2 aromatic carbocycles. The summed E-state index contributed by atoms with van der Waals surface area (Å²) in [5, 5.41) is 22.7. The molecule has 0 fully saturated rings. The summed E-state index contributed by atoms with van der Waals surface area (Å²) in [7, 11) is 1.62. The van der Waals surface area contributed by atoms with Crippen molar-refractivity contribution in [3.63, 3.8) is 0 Å². The number of nitrogens with zero attached hydrogens (tertiary/aromatic N) is 1. The van der Waals surface area contributed by atoms with Crippen molar-refractivity contribution in [1.29, 1.82) is 5.26 Å². The maximum absolute atomic E-state index is 10.5. The lowest BCUT2D eigenvalue weighted by Crippen LogP contribution is -2.34. The van der Waals surface area contributed by atoms with Crippen LogP contribution in [0.15, 0.2) is 48.5 Å². The summed E-state index contributed by atoms with van der Waals surface area (Å²) < 4.78 is 5.13. The van der Waals surface area contributed by atoms with Crippen LogP contribution >= 0.6 is 0 Å². The molecule has 4 nitrogen and oxygen atoms in total. The summed E-state index contributed by atoms with van der Waals surface area (Å²) in [5.41, 5.74) is 2.57. The summed E-state index contributed by atoms with van der Waals surface area (Å²) >= 11 is 0. The van der Waals surface area contributed by atoms with Gasteiger partial charge in [-0.3, -0.25) is 0 Å². The largest absolute Gasteiger partial charge is 0.497 e. The van der Waals surface area contributed by atoms with E-state index in [0.717, 1.165) is 16.9 Å². The molecular formula is C19H22N2O2. The van der Waals surface area contributed by atoms with Crippen LogP contribution < -0.4 is 10.1 Å². The third-order valence-electron chi connectivity index (χ3n) is 3.98. The Morgan fingerprint density at radius 1 is 1.00 bits per heavy atom. The molecule has 0 spiro atoms. The van der Waals surface area contributed by atoms with Crippen LogP contribution in [0.1, 0.15) is 42.7 Å². The highest BCUT2D eigenvalue weighted by atomic mass is 16.5. The minimum Gasteiger partial charge on any atom is -0.497 e. The van der Waals surface area contributed by atoms with Crippen molar-refractivity contribution in [2.75, 3.05) is 7.11 Å². The van der Waals surface area contributed by atoms with Crippen LogP contribution in [-0.2, 0) is 0 Å². The van der Waals surface area contributed by atoms with Gasteiger partial charge in [-0.15, -0.1) is 0 Å². The molecule has 2 rings (SSSR count). The first-order valence-corrected chi connectivity index (χ1v) is 7.63. The van der Waals surface area contributed by atoms with Crippen LogP contribution in [0.5, 0.6) is 5.75 Å². The van der Waals surface area contributed by atoms with Gasteiger partial charge in [-0.1, -0.05) is 24.3 Å². The Labute approximate surface area is 137 Å². The molecule has 0 aliphatic carbocycles. The Kier molecular flexibility index (Phi) is 5.75. The number of rotatable bonds is 6. The number of nitrogens with one attached hydrogen (secondary N) is 1. The van der Waals surface area contributed by atoms with Crippen LogP contribution in [0.3, 0.4) is 0 Å². The molecule has 23 heavy (non-hydrogen) atoms. The van der Waals surface area contributed by atoms with Crippen molar-refractivity contribution in [1.82, 2.24) is 5.32 Å². The fourth-order valence-corrected chi connectivity index (χ4v) is 2.52. The van der Waals surface area contributed by atoms with Gasteiger partial charge in [-0.25, -0.2) is 0 Å². The van der Waals surface area contributed by atoms with E-state index in [1.807, 2.05) is 50.2 Å². The number of hydrogen-bond acceptors (Lipinski definition) is 4. The van der Waals surface area contributed by atoms with Crippen molar-refractivity contribution in [2.45, 2.75) is 32.0 Å². The van der Waals surface area contributed by atoms with Gasteiger partial charge in [0.05, 0.1) is 24.8 Å². The molecule has 0 aliphatic heterocycles. The van der Waals surface area contributed by atoms with Crippen LogP contribution in [0.25, 0.3) is 0 Å². The highest BCUT2D eigenvalue weighted by Gasteiger charge is 2.18. The summed E-state index contributed by atoms with van der Waals surface area (Å²) in [4.78, 5) is 0. The topological polar surface area (TPSA) is 65.3 Å². The second-order valence-electron chi connectivity index (χ2n) is 5.63. The van der Waals surface area contributed by atoms with Crippen LogP contribution in [-0.4, -0.2) is 18.3 Å². The molecule has 0 aliphatic rings. The van der Waals surface area contributed by atoms with E-state index < -0.39 is 6.10 Å². The molecule has 0 bridgehead atoms. The van der Waals surface area contributed by atoms with Crippen molar-refractivity contribution >= 4 is 0 Å². The smallest absolute Gasteiger partial charge is 0.118 e. The minimum atomic E-state index is -0.610. The Hall–Kier alpha value is -2.35. The van der Waals surface area contributed by atoms with Crippen molar-refractivity contribution in [2.24, 2.45) is 0 Å². The molecule has 4 heteroatoms. The summed E-state index contributed by atoms with van der Waals surface area (Å²) in [6, 6.07) is 17.0. The molecule has 2 aromatic rings. The van der Waals surface area contributed by atoms with E-state index in [9.17, 15) is 5.11 Å². The summed E-state index contributed by atoms with van der Waals surface area (Å²) in [5.74, 6) is 0.771. The van der Waals surface area contributed by atoms with Gasteiger partial charge in [0, 0.05) is 12.1 Å².